The molecule has 3 aromatic rings. The number of hydrogen-bond acceptors (Lipinski definition) is 7. The molecular formula is C29H35BrFN7O4. The van der Waals surface area contributed by atoms with Crippen molar-refractivity contribution in [3.8, 4) is 11.4 Å². The van der Waals surface area contributed by atoms with E-state index in [9.17, 15) is 14.4 Å². The summed E-state index contributed by atoms with van der Waals surface area (Å²) in [6, 6.07) is 10.5. The summed E-state index contributed by atoms with van der Waals surface area (Å²) in [6.45, 7) is 5.84. The van der Waals surface area contributed by atoms with Crippen LogP contribution in [0.5, 0.6) is 0 Å². The monoisotopic (exact) mass is 643 g/mol. The molecule has 11 nitrogen and oxygen atoms in total. The molecule has 0 saturated heterocycles. The van der Waals surface area contributed by atoms with Crippen LogP contribution in [0, 0.1) is 17.7 Å². The standard InChI is InChI=1S/C29H35BrFN7O4/c1-29(2,3)42-28(41)33-16-18-4-8-19(9-5-18)27(40)38(24(25(32)39)14-17-6-10-20(30)11-7-17)21-12-13-22(23(31)15-21)26-34-36-37-35-26/h6-7,10-13,15,18-19,24H,4-5,8-9,14,16H2,1-3H3,(H2,32,39)(H,33,41)(H,34,35,36,37)/t18?,19?,24-/m0/s1. The fourth-order valence-corrected chi connectivity index (χ4v) is 5.35. The molecule has 0 bridgehead atoms. The van der Waals surface area contributed by atoms with E-state index >= 15 is 4.39 Å². The molecule has 1 aromatic heterocycles. The number of carbonyl (C=O) groups is 3. The van der Waals surface area contributed by atoms with Gasteiger partial charge in [0.2, 0.25) is 17.6 Å². The Morgan fingerprint density at radius 3 is 2.40 bits per heavy atom. The maximum atomic E-state index is 15.3. The van der Waals surface area contributed by atoms with Crippen LogP contribution < -0.4 is 16.0 Å². The summed E-state index contributed by atoms with van der Waals surface area (Å²) in [4.78, 5) is 40.4. The van der Waals surface area contributed by atoms with Gasteiger partial charge < -0.3 is 15.8 Å². The van der Waals surface area contributed by atoms with Crippen LogP contribution in [-0.4, -0.2) is 56.7 Å². The molecule has 0 radical (unpaired) electrons. The van der Waals surface area contributed by atoms with Crippen LogP contribution in [0.4, 0.5) is 14.9 Å². The van der Waals surface area contributed by atoms with Crippen molar-refractivity contribution < 1.29 is 23.5 Å². The zero-order valence-corrected chi connectivity index (χ0v) is 25.4. The predicted octanol–water partition coefficient (Wildman–Crippen LogP) is 4.53. The van der Waals surface area contributed by atoms with Crippen LogP contribution in [0.2, 0.25) is 0 Å². The SMILES string of the molecule is CC(C)(C)OC(=O)NCC1CCC(C(=O)N(c2ccc(-c3nn[nH]n3)c(F)c2)[C@@H](Cc2ccc(Br)cc2)C(N)=O)CC1. The number of aromatic amines is 1. The molecule has 1 atom stereocenters. The van der Waals surface area contributed by atoms with Crippen LogP contribution in [0.15, 0.2) is 46.9 Å². The van der Waals surface area contributed by atoms with Crippen LogP contribution in [0.3, 0.4) is 0 Å². The van der Waals surface area contributed by atoms with Gasteiger partial charge in [-0.15, -0.1) is 10.2 Å². The average Bonchev–Trinajstić information content (AvgIpc) is 3.47. The number of amides is 3. The van der Waals surface area contributed by atoms with Gasteiger partial charge in [-0.05, 0) is 93.5 Å². The van der Waals surface area contributed by atoms with Gasteiger partial charge in [0.05, 0.1) is 5.56 Å². The van der Waals surface area contributed by atoms with Gasteiger partial charge in [0.15, 0.2) is 0 Å². The van der Waals surface area contributed by atoms with Crippen molar-refractivity contribution in [1.82, 2.24) is 25.9 Å². The highest BCUT2D eigenvalue weighted by molar-refractivity contribution is 9.10. The highest BCUT2D eigenvalue weighted by Gasteiger charge is 2.36. The summed E-state index contributed by atoms with van der Waals surface area (Å²) in [5.41, 5.74) is 6.39. The van der Waals surface area contributed by atoms with Crippen molar-refractivity contribution in [2.45, 2.75) is 64.5 Å². The molecule has 1 heterocycles. The summed E-state index contributed by atoms with van der Waals surface area (Å²) < 4.78 is 21.5. The number of alkyl carbamates (subject to hydrolysis) is 1. The summed E-state index contributed by atoms with van der Waals surface area (Å²) >= 11 is 3.40. The van der Waals surface area contributed by atoms with E-state index in [1.54, 1.807) is 26.8 Å². The Hall–Kier alpha value is -3.87. The normalized spacial score (nSPS) is 17.7. The molecule has 0 spiro atoms. The number of nitrogens with two attached hydrogens (primary N) is 1. The van der Waals surface area contributed by atoms with E-state index in [-0.39, 0.29) is 35.3 Å². The second kappa shape index (κ2) is 13.4. The van der Waals surface area contributed by atoms with Gasteiger partial charge in [0, 0.05) is 29.0 Å². The molecule has 3 amide bonds. The number of aromatic nitrogens is 4. The first-order valence-electron chi connectivity index (χ1n) is 13.8. The molecule has 1 aliphatic rings. The number of benzene rings is 2. The number of hydrogen-bond donors (Lipinski definition) is 3. The number of ether oxygens (including phenoxy) is 1. The molecule has 0 aliphatic heterocycles. The minimum atomic E-state index is -1.05. The lowest BCUT2D eigenvalue weighted by Gasteiger charge is -2.36. The number of halogens is 2. The molecule has 4 N–H and O–H groups in total. The number of anilines is 1. The average molecular weight is 645 g/mol. The zero-order chi connectivity index (χ0) is 30.4. The molecule has 1 fully saturated rings. The first-order chi connectivity index (χ1) is 19.9. The summed E-state index contributed by atoms with van der Waals surface area (Å²) in [7, 11) is 0. The van der Waals surface area contributed by atoms with Gasteiger partial charge in [-0.3, -0.25) is 14.5 Å². The van der Waals surface area contributed by atoms with Crippen molar-refractivity contribution in [3.05, 3.63) is 58.3 Å². The molecular weight excluding hydrogens is 609 g/mol. The molecule has 4 rings (SSSR count). The van der Waals surface area contributed by atoms with Crippen molar-refractivity contribution in [3.63, 3.8) is 0 Å². The Bertz CT molecular complexity index is 1390. The maximum Gasteiger partial charge on any atom is 0.407 e. The predicted molar refractivity (Wildman–Crippen MR) is 158 cm³/mol. The smallest absolute Gasteiger partial charge is 0.407 e. The zero-order valence-electron chi connectivity index (χ0n) is 23.8. The minimum Gasteiger partial charge on any atom is -0.444 e. The van der Waals surface area contributed by atoms with Crippen LogP contribution in [0.25, 0.3) is 11.4 Å². The van der Waals surface area contributed by atoms with Crippen LogP contribution in [0.1, 0.15) is 52.0 Å². The fraction of sp³-hybridized carbons (Fsp3) is 0.448. The number of nitrogens with zero attached hydrogens (tertiary/aromatic N) is 4. The fourth-order valence-electron chi connectivity index (χ4n) is 5.09. The Kier molecular flexibility index (Phi) is 9.92. The minimum absolute atomic E-state index is 0.0663. The third kappa shape index (κ3) is 8.11. The summed E-state index contributed by atoms with van der Waals surface area (Å²) in [5, 5.41) is 16.2. The number of rotatable bonds is 9. The topological polar surface area (TPSA) is 156 Å². The number of tetrazole rings is 1. The Morgan fingerprint density at radius 1 is 1.14 bits per heavy atom. The van der Waals surface area contributed by atoms with Crippen LogP contribution >= 0.6 is 15.9 Å². The molecule has 224 valence electrons. The lowest BCUT2D eigenvalue weighted by atomic mass is 9.81. The van der Waals surface area contributed by atoms with Gasteiger partial charge in [-0.2, -0.15) is 5.21 Å². The largest absolute Gasteiger partial charge is 0.444 e. The number of primary amides is 1. The second-order valence-corrected chi connectivity index (χ2v) is 12.4. The van der Waals surface area contributed by atoms with E-state index < -0.39 is 35.4 Å². The van der Waals surface area contributed by atoms with Crippen molar-refractivity contribution in [2.24, 2.45) is 17.6 Å². The first kappa shape index (κ1) is 31.1. The van der Waals surface area contributed by atoms with E-state index in [1.165, 1.54) is 17.0 Å². The summed E-state index contributed by atoms with van der Waals surface area (Å²) in [6.07, 6.45) is 2.15. The van der Waals surface area contributed by atoms with Crippen molar-refractivity contribution in [2.75, 3.05) is 11.4 Å². The van der Waals surface area contributed by atoms with Gasteiger partial charge in [0.25, 0.3) is 0 Å². The van der Waals surface area contributed by atoms with E-state index in [0.29, 0.717) is 32.2 Å². The Morgan fingerprint density at radius 2 is 1.83 bits per heavy atom. The van der Waals surface area contributed by atoms with E-state index in [4.69, 9.17) is 10.5 Å². The maximum absolute atomic E-state index is 15.3. The highest BCUT2D eigenvalue weighted by atomic mass is 79.9. The molecule has 1 saturated carbocycles. The first-order valence-corrected chi connectivity index (χ1v) is 14.6. The lowest BCUT2D eigenvalue weighted by molar-refractivity contribution is -0.127. The second-order valence-electron chi connectivity index (χ2n) is 11.5. The number of nitrogens with one attached hydrogen (secondary N) is 2. The lowest BCUT2D eigenvalue weighted by Crippen LogP contribution is -2.52. The van der Waals surface area contributed by atoms with Gasteiger partial charge in [-0.25, -0.2) is 9.18 Å². The molecule has 13 heteroatoms. The van der Waals surface area contributed by atoms with E-state index in [0.717, 1.165) is 10.0 Å². The Balaban J connectivity index is 1.55. The third-order valence-corrected chi connectivity index (χ3v) is 7.70. The third-order valence-electron chi connectivity index (χ3n) is 7.17. The van der Waals surface area contributed by atoms with Gasteiger partial charge >= 0.3 is 6.09 Å². The number of H-pyrrole nitrogens is 1. The molecule has 42 heavy (non-hydrogen) atoms. The van der Waals surface area contributed by atoms with Crippen molar-refractivity contribution in [1.29, 1.82) is 0 Å². The van der Waals surface area contributed by atoms with Gasteiger partial charge in [-0.1, -0.05) is 28.1 Å². The van der Waals surface area contributed by atoms with E-state index in [1.807, 2.05) is 24.3 Å². The Labute approximate surface area is 251 Å². The molecule has 2 aromatic carbocycles. The summed E-state index contributed by atoms with van der Waals surface area (Å²) in [5.74, 6) is -1.84. The van der Waals surface area contributed by atoms with Crippen LogP contribution in [-0.2, 0) is 20.7 Å². The molecule has 0 unspecified atom stereocenters. The van der Waals surface area contributed by atoms with Gasteiger partial charge in [0.1, 0.15) is 17.5 Å². The highest BCUT2D eigenvalue weighted by Crippen LogP contribution is 2.34. The number of carbonyl (C=O) groups excluding carboxylic acids is 3. The van der Waals surface area contributed by atoms with Crippen molar-refractivity contribution >= 4 is 39.5 Å². The molecule has 1 aliphatic carbocycles. The quantitative estimate of drug-likeness (QED) is 0.309. The van der Waals surface area contributed by atoms with E-state index in [2.05, 4.69) is 41.9 Å².